The fourth-order valence-corrected chi connectivity index (χ4v) is 2.46. The first kappa shape index (κ1) is 13.0. The molecule has 0 saturated heterocycles. The van der Waals surface area contributed by atoms with Crippen LogP contribution in [0.2, 0.25) is 0 Å². The van der Waals surface area contributed by atoms with Gasteiger partial charge in [-0.25, -0.2) is 0 Å². The van der Waals surface area contributed by atoms with E-state index in [2.05, 4.69) is 15.6 Å². The van der Waals surface area contributed by atoms with Crippen LogP contribution < -0.4 is 11.1 Å². The Hall–Kier alpha value is -1.43. The number of carbonyl (C=O) groups excluding carboxylic acids is 1. The summed E-state index contributed by atoms with van der Waals surface area (Å²) in [4.78, 5) is 11.7. The highest BCUT2D eigenvalue weighted by Crippen LogP contribution is 2.29. The van der Waals surface area contributed by atoms with Crippen molar-refractivity contribution in [2.24, 2.45) is 5.73 Å². The molecule has 2 rings (SSSR count). The number of rotatable bonds is 6. The zero-order valence-electron chi connectivity index (χ0n) is 10.6. The molecule has 0 spiro atoms. The Labute approximate surface area is 107 Å². The Morgan fingerprint density at radius 1 is 1.44 bits per heavy atom. The number of nitrogens with zero attached hydrogens (tertiary/aromatic N) is 3. The summed E-state index contributed by atoms with van der Waals surface area (Å²) in [5.74, 6) is 0.0676. The number of nitrogens with two attached hydrogens (primary N) is 1. The van der Waals surface area contributed by atoms with Crippen LogP contribution in [0.1, 0.15) is 38.5 Å². The fourth-order valence-electron chi connectivity index (χ4n) is 2.46. The quantitative estimate of drug-likeness (QED) is 0.719. The molecule has 0 aliphatic heterocycles. The summed E-state index contributed by atoms with van der Waals surface area (Å²) >= 11 is 0. The number of hydrogen-bond acceptors (Lipinski definition) is 4. The predicted molar refractivity (Wildman–Crippen MR) is 67.7 cm³/mol. The van der Waals surface area contributed by atoms with Crippen molar-refractivity contribution >= 4 is 5.91 Å². The molecule has 3 N–H and O–H groups in total. The first-order chi connectivity index (χ1) is 8.68. The molecule has 0 bridgehead atoms. The highest BCUT2D eigenvalue weighted by Gasteiger charge is 2.31. The van der Waals surface area contributed by atoms with E-state index in [4.69, 9.17) is 5.73 Å². The van der Waals surface area contributed by atoms with E-state index in [9.17, 15) is 4.79 Å². The number of aryl methyl sites for hydroxylation is 1. The van der Waals surface area contributed by atoms with Gasteiger partial charge in [0.15, 0.2) is 0 Å². The zero-order chi connectivity index (χ0) is 12.8. The topological polar surface area (TPSA) is 85.8 Å². The molecule has 1 aliphatic carbocycles. The van der Waals surface area contributed by atoms with Gasteiger partial charge in [-0.15, -0.1) is 5.10 Å². The maximum atomic E-state index is 11.7. The Bertz CT molecular complexity index is 370. The van der Waals surface area contributed by atoms with Crippen molar-refractivity contribution in [2.75, 3.05) is 6.54 Å². The smallest absolute Gasteiger partial charge is 0.221 e. The maximum Gasteiger partial charge on any atom is 0.221 e. The summed E-state index contributed by atoms with van der Waals surface area (Å²) in [6.45, 7) is 1.43. The van der Waals surface area contributed by atoms with Crippen LogP contribution in [0.15, 0.2) is 12.4 Å². The number of amides is 1. The fraction of sp³-hybridized carbons (Fsp3) is 0.750. The standard InChI is InChI=1S/C12H21N5O/c13-12(4-1-2-5-12)10-11(18)14-6-3-8-17-9-7-15-16-17/h7,9H,1-6,8,10,13H2,(H,14,18). The van der Waals surface area contributed by atoms with Crippen LogP contribution in [0.25, 0.3) is 0 Å². The van der Waals surface area contributed by atoms with E-state index in [1.54, 1.807) is 10.9 Å². The molecule has 6 heteroatoms. The van der Waals surface area contributed by atoms with Crippen LogP contribution in [0.4, 0.5) is 0 Å². The second-order valence-corrected chi connectivity index (χ2v) is 5.12. The lowest BCUT2D eigenvalue weighted by atomic mass is 9.94. The summed E-state index contributed by atoms with van der Waals surface area (Å²) in [6.07, 6.45) is 9.01. The molecule has 1 heterocycles. The number of aromatic nitrogens is 3. The molecule has 1 aliphatic rings. The molecule has 1 saturated carbocycles. The molecule has 1 fully saturated rings. The van der Waals surface area contributed by atoms with Gasteiger partial charge >= 0.3 is 0 Å². The Kier molecular flexibility index (Phi) is 4.30. The van der Waals surface area contributed by atoms with Crippen molar-refractivity contribution in [1.29, 1.82) is 0 Å². The third-order valence-electron chi connectivity index (χ3n) is 3.47. The third-order valence-corrected chi connectivity index (χ3v) is 3.47. The van der Waals surface area contributed by atoms with Crippen molar-refractivity contribution < 1.29 is 4.79 Å². The van der Waals surface area contributed by atoms with Crippen LogP contribution in [0.5, 0.6) is 0 Å². The van der Waals surface area contributed by atoms with Gasteiger partial charge in [0.25, 0.3) is 0 Å². The highest BCUT2D eigenvalue weighted by atomic mass is 16.1. The average Bonchev–Trinajstić information content (AvgIpc) is 2.96. The van der Waals surface area contributed by atoms with E-state index >= 15 is 0 Å². The molecule has 1 aromatic heterocycles. The number of nitrogens with one attached hydrogen (secondary N) is 1. The summed E-state index contributed by atoms with van der Waals surface area (Å²) in [5.41, 5.74) is 5.90. The molecular weight excluding hydrogens is 230 g/mol. The van der Waals surface area contributed by atoms with Crippen LogP contribution in [-0.2, 0) is 11.3 Å². The monoisotopic (exact) mass is 251 g/mol. The molecule has 0 atom stereocenters. The minimum atomic E-state index is -0.254. The minimum absolute atomic E-state index is 0.0676. The zero-order valence-corrected chi connectivity index (χ0v) is 10.6. The van der Waals surface area contributed by atoms with Crippen LogP contribution in [-0.4, -0.2) is 33.0 Å². The van der Waals surface area contributed by atoms with Crippen molar-refractivity contribution in [1.82, 2.24) is 20.3 Å². The Balaban J connectivity index is 1.60. The lowest BCUT2D eigenvalue weighted by Gasteiger charge is -2.22. The van der Waals surface area contributed by atoms with Crippen LogP contribution in [0, 0.1) is 0 Å². The van der Waals surface area contributed by atoms with Crippen molar-refractivity contribution in [3.8, 4) is 0 Å². The lowest BCUT2D eigenvalue weighted by molar-refractivity contribution is -0.122. The largest absolute Gasteiger partial charge is 0.356 e. The molecule has 0 unspecified atom stereocenters. The first-order valence-corrected chi connectivity index (χ1v) is 6.58. The lowest BCUT2D eigenvalue weighted by Crippen LogP contribution is -2.42. The van der Waals surface area contributed by atoms with Gasteiger partial charge in [-0.05, 0) is 19.3 Å². The second-order valence-electron chi connectivity index (χ2n) is 5.12. The molecule has 18 heavy (non-hydrogen) atoms. The first-order valence-electron chi connectivity index (χ1n) is 6.58. The maximum absolute atomic E-state index is 11.7. The van der Waals surface area contributed by atoms with Gasteiger partial charge in [0, 0.05) is 31.2 Å². The van der Waals surface area contributed by atoms with E-state index in [1.807, 2.05) is 6.20 Å². The summed E-state index contributed by atoms with van der Waals surface area (Å²) in [5, 5.41) is 10.5. The van der Waals surface area contributed by atoms with Gasteiger partial charge in [-0.2, -0.15) is 0 Å². The number of carbonyl (C=O) groups is 1. The highest BCUT2D eigenvalue weighted by molar-refractivity contribution is 5.77. The van der Waals surface area contributed by atoms with E-state index in [0.29, 0.717) is 13.0 Å². The molecule has 1 amide bonds. The van der Waals surface area contributed by atoms with E-state index in [1.165, 1.54) is 0 Å². The van der Waals surface area contributed by atoms with Gasteiger partial charge in [-0.3, -0.25) is 9.48 Å². The summed E-state index contributed by atoms with van der Waals surface area (Å²) in [6, 6.07) is 0. The van der Waals surface area contributed by atoms with Crippen molar-refractivity contribution in [3.63, 3.8) is 0 Å². The van der Waals surface area contributed by atoms with E-state index in [0.717, 1.165) is 38.6 Å². The summed E-state index contributed by atoms with van der Waals surface area (Å²) < 4.78 is 1.76. The van der Waals surface area contributed by atoms with Crippen LogP contribution in [0.3, 0.4) is 0 Å². The van der Waals surface area contributed by atoms with Gasteiger partial charge in [0.1, 0.15) is 0 Å². The molecular formula is C12H21N5O. The molecule has 1 aromatic rings. The SMILES string of the molecule is NC1(CC(=O)NCCCn2ccnn2)CCCC1. The average molecular weight is 251 g/mol. The second kappa shape index (κ2) is 5.95. The van der Waals surface area contributed by atoms with Crippen molar-refractivity contribution in [3.05, 3.63) is 12.4 Å². The molecule has 0 radical (unpaired) electrons. The number of hydrogen-bond donors (Lipinski definition) is 2. The van der Waals surface area contributed by atoms with Gasteiger partial charge in [-0.1, -0.05) is 18.1 Å². The Morgan fingerprint density at radius 2 is 2.22 bits per heavy atom. The molecule has 6 nitrogen and oxygen atoms in total. The van der Waals surface area contributed by atoms with E-state index < -0.39 is 0 Å². The van der Waals surface area contributed by atoms with Gasteiger partial charge in [0.05, 0.1) is 6.20 Å². The molecule has 0 aromatic carbocycles. The van der Waals surface area contributed by atoms with Crippen LogP contribution >= 0.6 is 0 Å². The summed E-state index contributed by atoms with van der Waals surface area (Å²) in [7, 11) is 0. The molecule has 100 valence electrons. The van der Waals surface area contributed by atoms with E-state index in [-0.39, 0.29) is 11.4 Å². The minimum Gasteiger partial charge on any atom is -0.356 e. The van der Waals surface area contributed by atoms with Gasteiger partial charge in [0.2, 0.25) is 5.91 Å². The third kappa shape index (κ3) is 3.80. The Morgan fingerprint density at radius 3 is 2.89 bits per heavy atom. The predicted octanol–water partition coefficient (Wildman–Crippen LogP) is 0.446. The van der Waals surface area contributed by atoms with Crippen molar-refractivity contribution in [2.45, 2.75) is 50.6 Å². The van der Waals surface area contributed by atoms with Gasteiger partial charge < -0.3 is 11.1 Å². The normalized spacial score (nSPS) is 17.8.